The number of fused-ring (bicyclic) bond motifs is 1. The van der Waals surface area contributed by atoms with E-state index in [1.807, 2.05) is 25.1 Å². The lowest BCUT2D eigenvalue weighted by atomic mass is 9.95. The molecule has 0 spiro atoms. The average Bonchev–Trinajstić information content (AvgIpc) is 2.40. The second-order valence-corrected chi connectivity index (χ2v) is 5.05. The van der Waals surface area contributed by atoms with Gasteiger partial charge in [-0.2, -0.15) is 5.48 Å². The molecule has 2 heterocycles. The van der Waals surface area contributed by atoms with Gasteiger partial charge in [-0.15, -0.1) is 0 Å². The molecule has 1 aromatic rings. The fraction of sp³-hybridized carbons (Fsp3) is 0.500. The van der Waals surface area contributed by atoms with E-state index in [0.717, 1.165) is 30.0 Å². The van der Waals surface area contributed by atoms with Gasteiger partial charge in [-0.05, 0) is 44.5 Å². The Labute approximate surface area is 107 Å². The van der Waals surface area contributed by atoms with Crippen molar-refractivity contribution < 1.29 is 9.63 Å². The molecule has 1 atom stereocenters. The Morgan fingerprint density at radius 2 is 2.06 bits per heavy atom. The van der Waals surface area contributed by atoms with Gasteiger partial charge in [-0.1, -0.05) is 18.6 Å². The van der Waals surface area contributed by atoms with Gasteiger partial charge in [-0.3, -0.25) is 9.69 Å². The Morgan fingerprint density at radius 3 is 2.83 bits per heavy atom. The summed E-state index contributed by atoms with van der Waals surface area (Å²) in [6, 6.07) is 5.73. The van der Waals surface area contributed by atoms with Crippen LogP contribution in [0.1, 0.15) is 36.4 Å². The van der Waals surface area contributed by atoms with Gasteiger partial charge in [0.1, 0.15) is 6.04 Å². The second-order valence-electron chi connectivity index (χ2n) is 5.05. The minimum absolute atomic E-state index is 0.0429. The van der Waals surface area contributed by atoms with Crippen LogP contribution in [0.15, 0.2) is 18.2 Å². The van der Waals surface area contributed by atoms with Gasteiger partial charge in [0.15, 0.2) is 5.75 Å². The third-order valence-corrected chi connectivity index (χ3v) is 3.82. The van der Waals surface area contributed by atoms with E-state index >= 15 is 0 Å². The summed E-state index contributed by atoms with van der Waals surface area (Å²) >= 11 is 0. The molecule has 1 N–H and O–H groups in total. The van der Waals surface area contributed by atoms with Crippen LogP contribution in [0.3, 0.4) is 0 Å². The Kier molecular flexibility index (Phi) is 2.96. The first kappa shape index (κ1) is 11.5. The monoisotopic (exact) mass is 246 g/mol. The smallest absolute Gasteiger partial charge is 0.274 e. The van der Waals surface area contributed by atoms with Crippen LogP contribution in [0, 0.1) is 6.92 Å². The molecular formula is C14H18N2O2. The highest BCUT2D eigenvalue weighted by molar-refractivity contribution is 5.85. The van der Waals surface area contributed by atoms with E-state index in [1.165, 1.54) is 19.3 Å². The zero-order valence-corrected chi connectivity index (χ0v) is 10.6. The number of carbonyl (C=O) groups excluding carboxylic acids is 1. The van der Waals surface area contributed by atoms with Crippen molar-refractivity contribution in [3.05, 3.63) is 29.3 Å². The van der Waals surface area contributed by atoms with E-state index in [-0.39, 0.29) is 11.9 Å². The normalized spacial score (nSPS) is 24.1. The molecule has 0 aliphatic carbocycles. The molecule has 0 radical (unpaired) electrons. The van der Waals surface area contributed by atoms with E-state index in [1.54, 1.807) is 0 Å². The van der Waals surface area contributed by atoms with E-state index < -0.39 is 0 Å². The average molecular weight is 246 g/mol. The molecular weight excluding hydrogens is 228 g/mol. The van der Waals surface area contributed by atoms with Crippen molar-refractivity contribution in [2.75, 3.05) is 13.1 Å². The summed E-state index contributed by atoms with van der Waals surface area (Å²) in [7, 11) is 0. The number of benzene rings is 1. The molecule has 2 aliphatic rings. The Bertz CT molecular complexity index is 467. The second kappa shape index (κ2) is 4.61. The van der Waals surface area contributed by atoms with Crippen molar-refractivity contribution in [3.8, 4) is 5.75 Å². The highest BCUT2D eigenvalue weighted by Gasteiger charge is 2.35. The minimum Gasteiger partial charge on any atom is -0.379 e. The number of aryl methyl sites for hydroxylation is 1. The van der Waals surface area contributed by atoms with Crippen molar-refractivity contribution in [1.29, 1.82) is 0 Å². The Hall–Kier alpha value is -1.55. The SMILES string of the molecule is Cc1cccc2c1C(N1CCCCC1)C(=O)NO2. The molecule has 1 amide bonds. The maximum atomic E-state index is 12.1. The van der Waals surface area contributed by atoms with Gasteiger partial charge in [0.25, 0.3) is 5.91 Å². The van der Waals surface area contributed by atoms with Gasteiger partial charge < -0.3 is 4.84 Å². The first-order valence-electron chi connectivity index (χ1n) is 6.57. The van der Waals surface area contributed by atoms with Crippen LogP contribution >= 0.6 is 0 Å². The first-order valence-corrected chi connectivity index (χ1v) is 6.57. The van der Waals surface area contributed by atoms with E-state index in [0.29, 0.717) is 0 Å². The topological polar surface area (TPSA) is 41.6 Å². The van der Waals surface area contributed by atoms with Crippen molar-refractivity contribution >= 4 is 5.91 Å². The van der Waals surface area contributed by atoms with E-state index in [4.69, 9.17) is 4.84 Å². The van der Waals surface area contributed by atoms with Crippen LogP contribution in [0.5, 0.6) is 5.75 Å². The largest absolute Gasteiger partial charge is 0.379 e. The number of rotatable bonds is 1. The van der Waals surface area contributed by atoms with Crippen molar-refractivity contribution in [2.45, 2.75) is 32.2 Å². The van der Waals surface area contributed by atoms with Crippen molar-refractivity contribution in [2.24, 2.45) is 0 Å². The standard InChI is InChI=1S/C14H18N2O2/c1-10-6-5-7-11-12(10)13(14(17)15-18-11)16-8-3-2-4-9-16/h5-7,13H,2-4,8-9H2,1H3,(H,15,17). The fourth-order valence-corrected chi connectivity index (χ4v) is 2.91. The molecule has 1 aromatic carbocycles. The van der Waals surface area contributed by atoms with Crippen molar-refractivity contribution in [1.82, 2.24) is 10.4 Å². The molecule has 4 nitrogen and oxygen atoms in total. The number of nitrogens with zero attached hydrogens (tertiary/aromatic N) is 1. The molecule has 2 aliphatic heterocycles. The van der Waals surface area contributed by atoms with Gasteiger partial charge in [0.2, 0.25) is 0 Å². The van der Waals surface area contributed by atoms with Crippen molar-refractivity contribution in [3.63, 3.8) is 0 Å². The van der Waals surface area contributed by atoms with Gasteiger partial charge in [0.05, 0.1) is 0 Å². The zero-order chi connectivity index (χ0) is 12.5. The summed E-state index contributed by atoms with van der Waals surface area (Å²) < 4.78 is 0. The lowest BCUT2D eigenvalue weighted by Crippen LogP contribution is -2.47. The van der Waals surface area contributed by atoms with Crippen LogP contribution in [0.2, 0.25) is 0 Å². The summed E-state index contributed by atoms with van der Waals surface area (Å²) in [5.41, 5.74) is 4.69. The zero-order valence-electron chi connectivity index (χ0n) is 10.6. The summed E-state index contributed by atoms with van der Waals surface area (Å²) in [6.07, 6.45) is 3.61. The van der Waals surface area contributed by atoms with Gasteiger partial charge in [0, 0.05) is 5.56 Å². The van der Waals surface area contributed by atoms with Crippen LogP contribution < -0.4 is 10.3 Å². The summed E-state index contributed by atoms with van der Waals surface area (Å²) in [5, 5.41) is 0. The fourth-order valence-electron chi connectivity index (χ4n) is 2.91. The Balaban J connectivity index is 2.00. The minimum atomic E-state index is -0.185. The molecule has 1 saturated heterocycles. The summed E-state index contributed by atoms with van der Waals surface area (Å²) in [5.74, 6) is 0.740. The maximum absolute atomic E-state index is 12.1. The van der Waals surface area contributed by atoms with Crippen LogP contribution in [0.25, 0.3) is 0 Å². The number of amides is 1. The number of nitrogens with one attached hydrogen (secondary N) is 1. The first-order chi connectivity index (χ1) is 8.77. The lowest BCUT2D eigenvalue weighted by Gasteiger charge is -2.37. The van der Waals surface area contributed by atoms with E-state index in [9.17, 15) is 4.79 Å². The molecule has 3 rings (SSSR count). The van der Waals surface area contributed by atoms with Gasteiger partial charge >= 0.3 is 0 Å². The third-order valence-electron chi connectivity index (χ3n) is 3.82. The molecule has 0 saturated carbocycles. The lowest BCUT2D eigenvalue weighted by molar-refractivity contribution is -0.136. The van der Waals surface area contributed by atoms with Crippen LogP contribution in [-0.4, -0.2) is 23.9 Å². The van der Waals surface area contributed by atoms with Crippen LogP contribution in [0.4, 0.5) is 0 Å². The number of hydroxylamine groups is 1. The Morgan fingerprint density at radius 1 is 1.28 bits per heavy atom. The summed E-state index contributed by atoms with van der Waals surface area (Å²) in [4.78, 5) is 19.7. The number of hydrogen-bond donors (Lipinski definition) is 1. The molecule has 1 unspecified atom stereocenters. The third kappa shape index (κ3) is 1.86. The molecule has 1 fully saturated rings. The highest BCUT2D eigenvalue weighted by Crippen LogP contribution is 2.36. The molecule has 0 bridgehead atoms. The highest BCUT2D eigenvalue weighted by atomic mass is 16.7. The molecule has 0 aromatic heterocycles. The van der Waals surface area contributed by atoms with Crippen LogP contribution in [-0.2, 0) is 4.79 Å². The van der Waals surface area contributed by atoms with E-state index in [2.05, 4.69) is 10.4 Å². The number of likely N-dealkylation sites (tertiary alicyclic amines) is 1. The quantitative estimate of drug-likeness (QED) is 0.823. The molecule has 96 valence electrons. The summed E-state index contributed by atoms with van der Waals surface area (Å²) in [6.45, 7) is 4.02. The maximum Gasteiger partial charge on any atom is 0.274 e. The van der Waals surface area contributed by atoms with Gasteiger partial charge in [-0.25, -0.2) is 0 Å². The number of hydrogen-bond acceptors (Lipinski definition) is 3. The number of carbonyl (C=O) groups is 1. The molecule has 4 heteroatoms. The predicted molar refractivity (Wildman–Crippen MR) is 68.1 cm³/mol. The molecule has 18 heavy (non-hydrogen) atoms. The predicted octanol–water partition coefficient (Wildman–Crippen LogP) is 1.95. The number of piperidine rings is 1.